The molecule has 10 heavy (non-hydrogen) atoms. The molecular formula is C6H9ClN2S. The lowest BCUT2D eigenvalue weighted by Crippen LogP contribution is -2.24. The third-order valence-corrected chi connectivity index (χ3v) is 2.68. The van der Waals surface area contributed by atoms with Gasteiger partial charge in [0, 0.05) is 4.88 Å². The summed E-state index contributed by atoms with van der Waals surface area (Å²) in [4.78, 5) is 1.16. The second kappa shape index (κ2) is 3.34. The van der Waals surface area contributed by atoms with E-state index in [2.05, 4.69) is 5.43 Å². The smallest absolute Gasteiger partial charge is 0.0931 e. The Hall–Kier alpha value is -0.0900. The number of thiophene rings is 1. The average Bonchev–Trinajstić information content (AvgIpc) is 2.34. The van der Waals surface area contributed by atoms with Crippen molar-refractivity contribution in [2.75, 3.05) is 0 Å². The summed E-state index contributed by atoms with van der Waals surface area (Å²) in [6, 6.07) is 4.03. The van der Waals surface area contributed by atoms with Gasteiger partial charge in [0.05, 0.1) is 10.4 Å². The molecule has 0 bridgehead atoms. The number of rotatable bonds is 2. The summed E-state index contributed by atoms with van der Waals surface area (Å²) < 4.78 is 0.803. The Labute approximate surface area is 69.0 Å². The van der Waals surface area contributed by atoms with Gasteiger partial charge in [0.1, 0.15) is 0 Å². The Morgan fingerprint density at radius 3 is 2.80 bits per heavy atom. The maximum absolute atomic E-state index is 5.71. The van der Waals surface area contributed by atoms with E-state index in [0.717, 1.165) is 9.21 Å². The fraction of sp³-hybridized carbons (Fsp3) is 0.333. The van der Waals surface area contributed by atoms with Crippen LogP contribution in [0.3, 0.4) is 0 Å². The minimum atomic E-state index is 0.192. The summed E-state index contributed by atoms with van der Waals surface area (Å²) >= 11 is 7.25. The summed E-state index contributed by atoms with van der Waals surface area (Å²) in [5.74, 6) is 5.23. The third kappa shape index (κ3) is 1.70. The molecule has 1 heterocycles. The number of nitrogens with one attached hydrogen (secondary N) is 1. The molecule has 1 atom stereocenters. The van der Waals surface area contributed by atoms with Crippen LogP contribution in [0.4, 0.5) is 0 Å². The summed E-state index contributed by atoms with van der Waals surface area (Å²) in [6.07, 6.45) is 0. The molecule has 0 aliphatic heterocycles. The summed E-state index contributed by atoms with van der Waals surface area (Å²) in [7, 11) is 0. The quantitative estimate of drug-likeness (QED) is 0.534. The van der Waals surface area contributed by atoms with E-state index in [1.807, 2.05) is 19.1 Å². The van der Waals surface area contributed by atoms with Gasteiger partial charge in [0.25, 0.3) is 0 Å². The first kappa shape index (κ1) is 8.01. The molecule has 1 aromatic rings. The van der Waals surface area contributed by atoms with E-state index >= 15 is 0 Å². The van der Waals surface area contributed by atoms with E-state index in [9.17, 15) is 0 Å². The number of hydrogen-bond donors (Lipinski definition) is 2. The monoisotopic (exact) mass is 176 g/mol. The van der Waals surface area contributed by atoms with E-state index in [0.29, 0.717) is 0 Å². The molecule has 0 amide bonds. The van der Waals surface area contributed by atoms with Crippen LogP contribution in [-0.4, -0.2) is 0 Å². The highest BCUT2D eigenvalue weighted by molar-refractivity contribution is 7.16. The number of halogens is 1. The van der Waals surface area contributed by atoms with Crippen molar-refractivity contribution in [1.82, 2.24) is 5.43 Å². The molecule has 2 nitrogen and oxygen atoms in total. The van der Waals surface area contributed by atoms with Crippen molar-refractivity contribution in [3.8, 4) is 0 Å². The van der Waals surface area contributed by atoms with Crippen LogP contribution in [0, 0.1) is 0 Å². The molecule has 3 N–H and O–H groups in total. The fourth-order valence-corrected chi connectivity index (χ4v) is 1.72. The molecule has 0 radical (unpaired) electrons. The Morgan fingerprint density at radius 1 is 1.70 bits per heavy atom. The predicted octanol–water partition coefficient (Wildman–Crippen LogP) is 1.93. The van der Waals surface area contributed by atoms with Gasteiger partial charge in [-0.25, -0.2) is 0 Å². The Morgan fingerprint density at radius 2 is 2.40 bits per heavy atom. The minimum absolute atomic E-state index is 0.192. The van der Waals surface area contributed by atoms with Crippen molar-refractivity contribution >= 4 is 22.9 Å². The topological polar surface area (TPSA) is 38.0 Å². The zero-order valence-electron chi connectivity index (χ0n) is 5.60. The molecule has 0 fully saturated rings. The highest BCUT2D eigenvalue weighted by Gasteiger charge is 2.04. The van der Waals surface area contributed by atoms with Gasteiger partial charge in [-0.15, -0.1) is 11.3 Å². The van der Waals surface area contributed by atoms with Crippen LogP contribution in [0.1, 0.15) is 17.8 Å². The molecular weight excluding hydrogens is 168 g/mol. The molecule has 1 rings (SSSR count). The van der Waals surface area contributed by atoms with E-state index in [-0.39, 0.29) is 6.04 Å². The first-order valence-corrected chi connectivity index (χ1v) is 4.15. The molecule has 0 saturated carbocycles. The maximum Gasteiger partial charge on any atom is 0.0931 e. The summed E-state index contributed by atoms with van der Waals surface area (Å²) in [6.45, 7) is 1.99. The first-order valence-electron chi connectivity index (χ1n) is 2.95. The lowest BCUT2D eigenvalue weighted by molar-refractivity contribution is 0.612. The second-order valence-corrected chi connectivity index (χ2v) is 3.78. The van der Waals surface area contributed by atoms with E-state index < -0.39 is 0 Å². The van der Waals surface area contributed by atoms with E-state index in [1.54, 1.807) is 11.3 Å². The lowest BCUT2D eigenvalue weighted by Gasteiger charge is -2.04. The van der Waals surface area contributed by atoms with Gasteiger partial charge in [-0.2, -0.15) is 0 Å². The SMILES string of the molecule is C[C@@H](NN)c1ccc(Cl)s1. The van der Waals surface area contributed by atoms with Crippen LogP contribution in [0.15, 0.2) is 12.1 Å². The molecule has 0 aromatic carbocycles. The van der Waals surface area contributed by atoms with Crippen LogP contribution in [0.2, 0.25) is 4.34 Å². The zero-order valence-corrected chi connectivity index (χ0v) is 7.17. The molecule has 0 aliphatic rings. The average molecular weight is 177 g/mol. The van der Waals surface area contributed by atoms with Crippen LogP contribution >= 0.6 is 22.9 Å². The van der Waals surface area contributed by atoms with E-state index in [1.165, 1.54) is 0 Å². The van der Waals surface area contributed by atoms with E-state index in [4.69, 9.17) is 17.4 Å². The largest absolute Gasteiger partial charge is 0.271 e. The molecule has 0 aliphatic carbocycles. The molecule has 56 valence electrons. The van der Waals surface area contributed by atoms with Crippen molar-refractivity contribution < 1.29 is 0 Å². The van der Waals surface area contributed by atoms with Gasteiger partial charge in [-0.05, 0) is 19.1 Å². The standard InChI is InChI=1S/C6H9ClN2S/c1-4(9-8)5-2-3-6(7)10-5/h2-4,9H,8H2,1H3/t4-/m1/s1. The van der Waals surface area contributed by atoms with Crippen LogP contribution in [-0.2, 0) is 0 Å². The fourth-order valence-electron chi connectivity index (χ4n) is 0.643. The van der Waals surface area contributed by atoms with Gasteiger partial charge in [0.15, 0.2) is 0 Å². The molecule has 4 heteroatoms. The molecule has 0 spiro atoms. The first-order chi connectivity index (χ1) is 4.74. The van der Waals surface area contributed by atoms with Gasteiger partial charge >= 0.3 is 0 Å². The van der Waals surface area contributed by atoms with Crippen molar-refractivity contribution in [2.24, 2.45) is 5.84 Å². The minimum Gasteiger partial charge on any atom is -0.271 e. The molecule has 1 aromatic heterocycles. The van der Waals surface area contributed by atoms with Crippen LogP contribution in [0.5, 0.6) is 0 Å². The van der Waals surface area contributed by atoms with Gasteiger partial charge in [0.2, 0.25) is 0 Å². The zero-order chi connectivity index (χ0) is 7.56. The summed E-state index contributed by atoms with van der Waals surface area (Å²) in [5.41, 5.74) is 2.65. The lowest BCUT2D eigenvalue weighted by atomic mass is 10.3. The van der Waals surface area contributed by atoms with Gasteiger partial charge in [-0.1, -0.05) is 11.6 Å². The van der Waals surface area contributed by atoms with Gasteiger partial charge in [-0.3, -0.25) is 11.3 Å². The predicted molar refractivity (Wildman–Crippen MR) is 45.1 cm³/mol. The van der Waals surface area contributed by atoms with Crippen molar-refractivity contribution in [3.63, 3.8) is 0 Å². The molecule has 0 unspecified atom stereocenters. The summed E-state index contributed by atoms with van der Waals surface area (Å²) in [5, 5.41) is 0. The normalized spacial score (nSPS) is 13.5. The Balaban J connectivity index is 2.74. The number of hydrogen-bond acceptors (Lipinski definition) is 3. The highest BCUT2D eigenvalue weighted by Crippen LogP contribution is 2.25. The maximum atomic E-state index is 5.71. The van der Waals surface area contributed by atoms with Crippen LogP contribution < -0.4 is 11.3 Å². The Bertz CT molecular complexity index is 211. The van der Waals surface area contributed by atoms with Crippen molar-refractivity contribution in [3.05, 3.63) is 21.3 Å². The number of hydrazine groups is 1. The van der Waals surface area contributed by atoms with Crippen molar-refractivity contribution in [1.29, 1.82) is 0 Å². The second-order valence-electron chi connectivity index (χ2n) is 2.03. The van der Waals surface area contributed by atoms with Crippen molar-refractivity contribution in [2.45, 2.75) is 13.0 Å². The number of nitrogens with two attached hydrogens (primary N) is 1. The van der Waals surface area contributed by atoms with Crippen LogP contribution in [0.25, 0.3) is 0 Å². The Kier molecular flexibility index (Phi) is 2.68. The van der Waals surface area contributed by atoms with Gasteiger partial charge < -0.3 is 0 Å². The third-order valence-electron chi connectivity index (χ3n) is 1.27. The molecule has 0 saturated heterocycles. The highest BCUT2D eigenvalue weighted by atomic mass is 35.5.